The summed E-state index contributed by atoms with van der Waals surface area (Å²) in [5, 5.41) is 3.35. The molecule has 0 aromatic heterocycles. The number of carbonyl (C=O) groups is 1. The highest BCUT2D eigenvalue weighted by Crippen LogP contribution is 2.20. The molecule has 7 nitrogen and oxygen atoms in total. The minimum absolute atomic E-state index is 0.0218. The lowest BCUT2D eigenvalue weighted by Crippen LogP contribution is -2.49. The fourth-order valence-corrected chi connectivity index (χ4v) is 4.34. The van der Waals surface area contributed by atoms with E-state index < -0.39 is 10.0 Å². The molecule has 0 spiro atoms. The number of benzene rings is 1. The monoisotopic (exact) mass is 366 g/mol. The number of sulfonamides is 1. The lowest BCUT2D eigenvalue weighted by Gasteiger charge is -2.32. The second-order valence-electron chi connectivity index (χ2n) is 6.79. The molecule has 2 heterocycles. The highest BCUT2D eigenvalue weighted by Gasteiger charge is 2.31. The van der Waals surface area contributed by atoms with E-state index in [0.717, 1.165) is 45.7 Å². The minimum atomic E-state index is -3.47. The Balaban J connectivity index is 1.65. The first kappa shape index (κ1) is 18.3. The van der Waals surface area contributed by atoms with Crippen molar-refractivity contribution in [3.63, 3.8) is 0 Å². The van der Waals surface area contributed by atoms with Crippen molar-refractivity contribution in [1.29, 1.82) is 0 Å². The molecule has 0 bridgehead atoms. The maximum absolute atomic E-state index is 12.7. The molecule has 138 valence electrons. The lowest BCUT2D eigenvalue weighted by atomic mass is 10.2. The Hall–Kier alpha value is -1.48. The smallest absolute Gasteiger partial charge is 0.253 e. The van der Waals surface area contributed by atoms with Gasteiger partial charge in [-0.15, -0.1) is 0 Å². The number of hydrogen-bond acceptors (Lipinski definition) is 5. The van der Waals surface area contributed by atoms with Crippen molar-refractivity contribution in [2.45, 2.75) is 17.4 Å². The molecule has 0 radical (unpaired) electrons. The Labute approximate surface area is 149 Å². The molecular weight excluding hydrogens is 340 g/mol. The van der Waals surface area contributed by atoms with Gasteiger partial charge in [-0.2, -0.15) is 0 Å². The summed E-state index contributed by atoms with van der Waals surface area (Å²) in [6.07, 6.45) is 0.999. The Morgan fingerprint density at radius 2 is 1.76 bits per heavy atom. The van der Waals surface area contributed by atoms with E-state index in [-0.39, 0.29) is 10.8 Å². The van der Waals surface area contributed by atoms with E-state index in [4.69, 9.17) is 0 Å². The highest BCUT2D eigenvalue weighted by atomic mass is 32.2. The Bertz CT molecular complexity index is 712. The predicted octanol–water partition coefficient (Wildman–Crippen LogP) is 0.0566. The zero-order chi connectivity index (χ0) is 18.0. The van der Waals surface area contributed by atoms with Crippen LogP contribution in [0.2, 0.25) is 0 Å². The molecule has 0 saturated carbocycles. The van der Waals surface area contributed by atoms with Gasteiger partial charge in [0.1, 0.15) is 0 Å². The van der Waals surface area contributed by atoms with Gasteiger partial charge in [-0.1, -0.05) is 0 Å². The molecule has 1 aromatic rings. The summed E-state index contributed by atoms with van der Waals surface area (Å²) in [5.74, 6) is -0.0218. The van der Waals surface area contributed by atoms with Crippen molar-refractivity contribution in [1.82, 2.24) is 19.4 Å². The average Bonchev–Trinajstić information content (AvgIpc) is 3.12. The normalized spacial score (nSPS) is 22.5. The molecule has 1 N–H and O–H groups in total. The van der Waals surface area contributed by atoms with Gasteiger partial charge in [-0.3, -0.25) is 9.69 Å². The van der Waals surface area contributed by atoms with Crippen LogP contribution in [0.25, 0.3) is 0 Å². The SMILES string of the molecule is CN(C)S(=O)(=O)c1ccc(C(=O)N2CCC(N3CCNCC3)C2)cc1. The second-order valence-corrected chi connectivity index (χ2v) is 8.94. The molecule has 2 aliphatic rings. The van der Waals surface area contributed by atoms with E-state index in [1.54, 1.807) is 12.1 Å². The van der Waals surface area contributed by atoms with Crippen molar-refractivity contribution in [3.8, 4) is 0 Å². The van der Waals surface area contributed by atoms with Crippen LogP contribution in [0, 0.1) is 0 Å². The molecule has 25 heavy (non-hydrogen) atoms. The third-order valence-electron chi connectivity index (χ3n) is 5.00. The number of nitrogens with zero attached hydrogens (tertiary/aromatic N) is 3. The quantitative estimate of drug-likeness (QED) is 0.816. The van der Waals surface area contributed by atoms with Crippen molar-refractivity contribution in [2.75, 3.05) is 53.4 Å². The molecule has 8 heteroatoms. The first-order valence-electron chi connectivity index (χ1n) is 8.66. The van der Waals surface area contributed by atoms with Crippen molar-refractivity contribution >= 4 is 15.9 Å². The molecule has 1 atom stereocenters. The van der Waals surface area contributed by atoms with Crippen LogP contribution >= 0.6 is 0 Å². The summed E-state index contributed by atoms with van der Waals surface area (Å²) in [6.45, 7) is 5.58. The first-order chi connectivity index (χ1) is 11.9. The summed E-state index contributed by atoms with van der Waals surface area (Å²) < 4.78 is 25.4. The fraction of sp³-hybridized carbons (Fsp3) is 0.588. The molecule has 2 aliphatic heterocycles. The number of amides is 1. The van der Waals surface area contributed by atoms with Gasteiger partial charge in [0, 0.05) is 65.0 Å². The van der Waals surface area contributed by atoms with Crippen molar-refractivity contribution in [3.05, 3.63) is 29.8 Å². The Morgan fingerprint density at radius 1 is 1.12 bits per heavy atom. The average molecular weight is 366 g/mol. The zero-order valence-corrected chi connectivity index (χ0v) is 15.6. The number of nitrogens with one attached hydrogen (secondary N) is 1. The van der Waals surface area contributed by atoms with E-state index >= 15 is 0 Å². The van der Waals surface area contributed by atoms with E-state index in [9.17, 15) is 13.2 Å². The third kappa shape index (κ3) is 3.87. The zero-order valence-electron chi connectivity index (χ0n) is 14.8. The minimum Gasteiger partial charge on any atom is -0.337 e. The van der Waals surface area contributed by atoms with E-state index in [1.165, 1.54) is 30.5 Å². The van der Waals surface area contributed by atoms with Crippen LogP contribution in [-0.2, 0) is 10.0 Å². The summed E-state index contributed by atoms with van der Waals surface area (Å²) in [7, 11) is -0.476. The Morgan fingerprint density at radius 3 is 2.36 bits per heavy atom. The largest absolute Gasteiger partial charge is 0.337 e. The topological polar surface area (TPSA) is 73.0 Å². The molecule has 2 fully saturated rings. The molecular formula is C17H26N4O3S. The first-order valence-corrected chi connectivity index (χ1v) is 10.1. The van der Waals surface area contributed by atoms with Crippen molar-refractivity contribution in [2.24, 2.45) is 0 Å². The van der Waals surface area contributed by atoms with Gasteiger partial charge in [-0.05, 0) is 30.7 Å². The summed E-state index contributed by atoms with van der Waals surface area (Å²) in [4.78, 5) is 17.2. The van der Waals surface area contributed by atoms with E-state index in [0.29, 0.717) is 11.6 Å². The van der Waals surface area contributed by atoms with Gasteiger partial charge in [0.15, 0.2) is 0 Å². The van der Waals surface area contributed by atoms with Crippen LogP contribution in [0.5, 0.6) is 0 Å². The number of likely N-dealkylation sites (tertiary alicyclic amines) is 1. The number of rotatable bonds is 4. The standard InChI is InChI=1S/C17H26N4O3S/c1-19(2)25(23,24)16-5-3-14(4-6-16)17(22)21-10-7-15(13-21)20-11-8-18-9-12-20/h3-6,15,18H,7-13H2,1-2H3. The predicted molar refractivity (Wildman–Crippen MR) is 96.1 cm³/mol. The molecule has 1 aromatic carbocycles. The van der Waals surface area contributed by atoms with Gasteiger partial charge in [0.2, 0.25) is 10.0 Å². The maximum Gasteiger partial charge on any atom is 0.253 e. The highest BCUT2D eigenvalue weighted by molar-refractivity contribution is 7.89. The van der Waals surface area contributed by atoms with Crippen LogP contribution in [0.4, 0.5) is 0 Å². The summed E-state index contributed by atoms with van der Waals surface area (Å²) >= 11 is 0. The van der Waals surface area contributed by atoms with E-state index in [1.807, 2.05) is 4.90 Å². The molecule has 3 rings (SSSR count). The van der Waals surface area contributed by atoms with Gasteiger partial charge in [-0.25, -0.2) is 12.7 Å². The van der Waals surface area contributed by atoms with Gasteiger partial charge in [0.25, 0.3) is 5.91 Å². The third-order valence-corrected chi connectivity index (χ3v) is 6.83. The molecule has 1 unspecified atom stereocenters. The summed E-state index contributed by atoms with van der Waals surface area (Å²) in [5.41, 5.74) is 0.540. The second kappa shape index (κ2) is 7.41. The van der Waals surface area contributed by atoms with Gasteiger partial charge < -0.3 is 10.2 Å². The van der Waals surface area contributed by atoms with Crippen LogP contribution < -0.4 is 5.32 Å². The maximum atomic E-state index is 12.7. The van der Waals surface area contributed by atoms with E-state index in [2.05, 4.69) is 10.2 Å². The number of piperazine rings is 1. The number of carbonyl (C=O) groups excluding carboxylic acids is 1. The van der Waals surface area contributed by atoms with Gasteiger partial charge >= 0.3 is 0 Å². The number of hydrogen-bond donors (Lipinski definition) is 1. The molecule has 2 saturated heterocycles. The van der Waals surface area contributed by atoms with Crippen LogP contribution in [-0.4, -0.2) is 87.8 Å². The lowest BCUT2D eigenvalue weighted by molar-refractivity contribution is 0.0773. The van der Waals surface area contributed by atoms with Crippen LogP contribution in [0.15, 0.2) is 29.2 Å². The molecule has 0 aliphatic carbocycles. The van der Waals surface area contributed by atoms with Gasteiger partial charge in [0.05, 0.1) is 4.90 Å². The van der Waals surface area contributed by atoms with Crippen molar-refractivity contribution < 1.29 is 13.2 Å². The Kier molecular flexibility index (Phi) is 5.43. The fourth-order valence-electron chi connectivity index (χ4n) is 3.43. The summed E-state index contributed by atoms with van der Waals surface area (Å²) in [6, 6.07) is 6.66. The van der Waals surface area contributed by atoms with Crippen LogP contribution in [0.1, 0.15) is 16.8 Å². The molecule has 1 amide bonds. The van der Waals surface area contributed by atoms with Crippen LogP contribution in [0.3, 0.4) is 0 Å².